The monoisotopic (exact) mass is 254 g/mol. The van der Waals surface area contributed by atoms with Gasteiger partial charge < -0.3 is 10.2 Å². The fourth-order valence-corrected chi connectivity index (χ4v) is 2.25. The zero-order valence-corrected chi connectivity index (χ0v) is 12.4. The molecule has 2 unspecified atom stereocenters. The third-order valence-corrected chi connectivity index (χ3v) is 3.81. The maximum absolute atomic E-state index is 12.5. The first kappa shape index (κ1) is 15.0. The molecule has 0 aromatic rings. The molecule has 0 aromatic heterocycles. The molecule has 4 heteroatoms. The molecule has 2 amide bonds. The summed E-state index contributed by atoms with van der Waals surface area (Å²) >= 11 is 0. The smallest absolute Gasteiger partial charge is 0.246 e. The van der Waals surface area contributed by atoms with Gasteiger partial charge in [0.1, 0.15) is 11.6 Å². The summed E-state index contributed by atoms with van der Waals surface area (Å²) in [7, 11) is 0. The van der Waals surface area contributed by atoms with Gasteiger partial charge >= 0.3 is 0 Å². The van der Waals surface area contributed by atoms with E-state index in [1.807, 2.05) is 27.7 Å². The van der Waals surface area contributed by atoms with Crippen LogP contribution in [0.25, 0.3) is 0 Å². The summed E-state index contributed by atoms with van der Waals surface area (Å²) in [5.74, 6) is 0.541. The quantitative estimate of drug-likeness (QED) is 0.831. The molecule has 1 saturated heterocycles. The lowest BCUT2D eigenvalue weighted by Crippen LogP contribution is -2.70. The lowest BCUT2D eigenvalue weighted by atomic mass is 9.89. The molecule has 1 aliphatic heterocycles. The van der Waals surface area contributed by atoms with Crippen LogP contribution in [0.1, 0.15) is 48.0 Å². The zero-order valence-electron chi connectivity index (χ0n) is 12.4. The Hall–Kier alpha value is -1.06. The van der Waals surface area contributed by atoms with Gasteiger partial charge in [-0.15, -0.1) is 0 Å². The average Bonchev–Trinajstić information content (AvgIpc) is 2.28. The maximum Gasteiger partial charge on any atom is 0.246 e. The van der Waals surface area contributed by atoms with Crippen LogP contribution in [0.3, 0.4) is 0 Å². The largest absolute Gasteiger partial charge is 0.342 e. The summed E-state index contributed by atoms with van der Waals surface area (Å²) in [4.78, 5) is 26.5. The number of nitrogens with zero attached hydrogens (tertiary/aromatic N) is 1. The van der Waals surface area contributed by atoms with Crippen molar-refractivity contribution in [2.45, 2.75) is 59.5 Å². The van der Waals surface area contributed by atoms with Crippen LogP contribution in [-0.4, -0.2) is 34.8 Å². The number of hydrogen-bond acceptors (Lipinski definition) is 2. The lowest BCUT2D eigenvalue weighted by molar-refractivity contribution is -0.157. The minimum atomic E-state index is -0.745. The molecule has 104 valence electrons. The number of amides is 2. The fourth-order valence-electron chi connectivity index (χ4n) is 2.25. The van der Waals surface area contributed by atoms with Gasteiger partial charge in [-0.05, 0) is 25.7 Å². The van der Waals surface area contributed by atoms with E-state index in [-0.39, 0.29) is 23.8 Å². The number of carbonyl (C=O) groups excluding carboxylic acids is 2. The number of hydrogen-bond donors (Lipinski definition) is 1. The molecule has 0 aliphatic carbocycles. The standard InChI is InChI=1S/C14H26N2O2/c1-7-10(4)11-12(17)16(8-9(2)3)14(5,6)13(18)15-11/h9-11H,7-8H2,1-6H3,(H,15,18). The van der Waals surface area contributed by atoms with Crippen molar-refractivity contribution >= 4 is 11.8 Å². The molecule has 1 fully saturated rings. The van der Waals surface area contributed by atoms with Crippen LogP contribution in [0.2, 0.25) is 0 Å². The summed E-state index contributed by atoms with van der Waals surface area (Å²) in [6.07, 6.45) is 0.882. The third-order valence-electron chi connectivity index (χ3n) is 3.81. The highest BCUT2D eigenvalue weighted by molar-refractivity contribution is 5.99. The van der Waals surface area contributed by atoms with Gasteiger partial charge in [-0.1, -0.05) is 34.1 Å². The molecule has 0 spiro atoms. The average molecular weight is 254 g/mol. The van der Waals surface area contributed by atoms with Crippen molar-refractivity contribution in [1.82, 2.24) is 10.2 Å². The van der Waals surface area contributed by atoms with Crippen molar-refractivity contribution < 1.29 is 9.59 Å². The highest BCUT2D eigenvalue weighted by Gasteiger charge is 2.47. The van der Waals surface area contributed by atoms with Crippen LogP contribution < -0.4 is 5.32 Å². The summed E-state index contributed by atoms with van der Waals surface area (Å²) in [6, 6.07) is -0.366. The highest BCUT2D eigenvalue weighted by Crippen LogP contribution is 2.25. The fraction of sp³-hybridized carbons (Fsp3) is 0.857. The Morgan fingerprint density at radius 3 is 2.28 bits per heavy atom. The molecule has 18 heavy (non-hydrogen) atoms. The molecule has 1 N–H and O–H groups in total. The molecule has 0 bridgehead atoms. The Bertz CT molecular complexity index is 337. The van der Waals surface area contributed by atoms with Crippen LogP contribution in [0, 0.1) is 11.8 Å². The highest BCUT2D eigenvalue weighted by atomic mass is 16.2. The second-order valence-corrected chi connectivity index (χ2v) is 6.24. The SMILES string of the molecule is CCC(C)C1NC(=O)C(C)(C)N(CC(C)C)C1=O. The topological polar surface area (TPSA) is 49.4 Å². The van der Waals surface area contributed by atoms with E-state index < -0.39 is 5.54 Å². The first-order valence-electron chi connectivity index (χ1n) is 6.84. The van der Waals surface area contributed by atoms with Crippen molar-refractivity contribution in [2.75, 3.05) is 6.54 Å². The Kier molecular flexibility index (Phi) is 4.41. The minimum Gasteiger partial charge on any atom is -0.342 e. The van der Waals surface area contributed by atoms with E-state index in [0.717, 1.165) is 6.42 Å². The van der Waals surface area contributed by atoms with Gasteiger partial charge in [0.15, 0.2) is 0 Å². The van der Waals surface area contributed by atoms with Crippen LogP contribution in [0.4, 0.5) is 0 Å². The molecule has 0 aromatic carbocycles. The van der Waals surface area contributed by atoms with E-state index in [9.17, 15) is 9.59 Å². The van der Waals surface area contributed by atoms with Gasteiger partial charge in [-0.3, -0.25) is 9.59 Å². The number of carbonyl (C=O) groups is 2. The Labute approximate surface area is 110 Å². The number of piperazine rings is 1. The van der Waals surface area contributed by atoms with Crippen molar-refractivity contribution in [2.24, 2.45) is 11.8 Å². The first-order chi connectivity index (χ1) is 8.21. The first-order valence-corrected chi connectivity index (χ1v) is 6.84. The van der Waals surface area contributed by atoms with Crippen LogP contribution in [-0.2, 0) is 9.59 Å². The molecule has 1 aliphatic rings. The van der Waals surface area contributed by atoms with Gasteiger partial charge in [0, 0.05) is 6.54 Å². The van der Waals surface area contributed by atoms with Crippen molar-refractivity contribution in [3.05, 3.63) is 0 Å². The predicted octanol–water partition coefficient (Wildman–Crippen LogP) is 1.79. The van der Waals surface area contributed by atoms with Crippen molar-refractivity contribution in [3.8, 4) is 0 Å². The second kappa shape index (κ2) is 5.29. The normalized spacial score (nSPS) is 25.3. The minimum absolute atomic E-state index is 0.0481. The van der Waals surface area contributed by atoms with E-state index >= 15 is 0 Å². The van der Waals surface area contributed by atoms with Gasteiger partial charge in [0.25, 0.3) is 0 Å². The second-order valence-electron chi connectivity index (χ2n) is 6.24. The zero-order chi connectivity index (χ0) is 14.1. The van der Waals surface area contributed by atoms with E-state index in [2.05, 4.69) is 19.2 Å². The van der Waals surface area contributed by atoms with Crippen molar-refractivity contribution in [1.29, 1.82) is 0 Å². The molecule has 0 radical (unpaired) electrons. The Morgan fingerprint density at radius 2 is 1.83 bits per heavy atom. The number of nitrogens with one attached hydrogen (secondary N) is 1. The molecular formula is C14H26N2O2. The van der Waals surface area contributed by atoms with Crippen LogP contribution in [0.15, 0.2) is 0 Å². The molecule has 4 nitrogen and oxygen atoms in total. The van der Waals surface area contributed by atoms with E-state index in [0.29, 0.717) is 12.5 Å². The van der Waals surface area contributed by atoms with Crippen molar-refractivity contribution in [3.63, 3.8) is 0 Å². The molecule has 0 saturated carbocycles. The molecule has 1 rings (SSSR count). The van der Waals surface area contributed by atoms with Crippen LogP contribution in [0.5, 0.6) is 0 Å². The van der Waals surface area contributed by atoms with Gasteiger partial charge in [-0.25, -0.2) is 0 Å². The van der Waals surface area contributed by atoms with E-state index in [1.165, 1.54) is 0 Å². The predicted molar refractivity (Wildman–Crippen MR) is 72.0 cm³/mol. The summed E-state index contributed by atoms with van der Waals surface area (Å²) < 4.78 is 0. The summed E-state index contributed by atoms with van der Waals surface area (Å²) in [6.45, 7) is 12.4. The Balaban J connectivity index is 3.01. The molecule has 1 heterocycles. The van der Waals surface area contributed by atoms with E-state index in [4.69, 9.17) is 0 Å². The maximum atomic E-state index is 12.5. The van der Waals surface area contributed by atoms with Crippen LogP contribution >= 0.6 is 0 Å². The third kappa shape index (κ3) is 2.68. The van der Waals surface area contributed by atoms with Gasteiger partial charge in [0.2, 0.25) is 11.8 Å². The summed E-state index contributed by atoms with van der Waals surface area (Å²) in [5, 5.41) is 2.88. The molecule has 2 atom stereocenters. The Morgan fingerprint density at radius 1 is 1.28 bits per heavy atom. The van der Waals surface area contributed by atoms with E-state index in [1.54, 1.807) is 4.90 Å². The van der Waals surface area contributed by atoms with Gasteiger partial charge in [-0.2, -0.15) is 0 Å². The summed E-state index contributed by atoms with van der Waals surface area (Å²) in [5.41, 5.74) is -0.745. The number of rotatable bonds is 4. The van der Waals surface area contributed by atoms with Gasteiger partial charge in [0.05, 0.1) is 0 Å². The lowest BCUT2D eigenvalue weighted by Gasteiger charge is -2.46. The molecular weight excluding hydrogens is 228 g/mol.